The third-order valence-corrected chi connectivity index (χ3v) is 4.67. The van der Waals surface area contributed by atoms with Gasteiger partial charge in [-0.25, -0.2) is 0 Å². The SMILES string of the molecule is COc1ccc2c(CC(=O)O[C@H](C)C(=O)c3ccc(C)c(C)c3)coc2c1. The molecule has 0 unspecified atom stereocenters. The summed E-state index contributed by atoms with van der Waals surface area (Å²) in [6.45, 7) is 5.52. The molecule has 0 bridgehead atoms. The molecule has 0 aliphatic heterocycles. The molecular weight excluding hydrogens is 344 g/mol. The second-order valence-corrected chi connectivity index (χ2v) is 6.60. The van der Waals surface area contributed by atoms with E-state index < -0.39 is 12.1 Å². The van der Waals surface area contributed by atoms with Gasteiger partial charge in [0.1, 0.15) is 11.3 Å². The third-order valence-electron chi connectivity index (χ3n) is 4.67. The number of aryl methyl sites for hydroxylation is 2. The van der Waals surface area contributed by atoms with E-state index in [9.17, 15) is 9.59 Å². The Balaban J connectivity index is 1.68. The number of esters is 1. The van der Waals surface area contributed by atoms with Crippen molar-refractivity contribution in [3.8, 4) is 5.75 Å². The zero-order chi connectivity index (χ0) is 19.6. The van der Waals surface area contributed by atoms with Crippen LogP contribution < -0.4 is 4.74 Å². The minimum absolute atomic E-state index is 0.0316. The summed E-state index contributed by atoms with van der Waals surface area (Å²) in [6.07, 6.45) is 0.711. The van der Waals surface area contributed by atoms with Crippen LogP contribution in [0.15, 0.2) is 47.1 Å². The molecule has 140 valence electrons. The number of fused-ring (bicyclic) bond motifs is 1. The molecule has 0 spiro atoms. The van der Waals surface area contributed by atoms with Crippen molar-refractivity contribution in [2.75, 3.05) is 7.11 Å². The number of methoxy groups -OCH3 is 1. The Morgan fingerprint density at radius 3 is 2.56 bits per heavy atom. The molecule has 0 saturated heterocycles. The van der Waals surface area contributed by atoms with Gasteiger partial charge < -0.3 is 13.9 Å². The van der Waals surface area contributed by atoms with Crippen LogP contribution in [0.25, 0.3) is 11.0 Å². The molecule has 27 heavy (non-hydrogen) atoms. The van der Waals surface area contributed by atoms with Crippen LogP contribution in [0.5, 0.6) is 5.75 Å². The number of rotatable bonds is 6. The number of carbonyl (C=O) groups excluding carboxylic acids is 2. The van der Waals surface area contributed by atoms with E-state index in [-0.39, 0.29) is 12.2 Å². The molecule has 1 atom stereocenters. The van der Waals surface area contributed by atoms with Gasteiger partial charge >= 0.3 is 5.97 Å². The Bertz CT molecular complexity index is 999. The van der Waals surface area contributed by atoms with Crippen LogP contribution in [0.3, 0.4) is 0 Å². The molecule has 0 fully saturated rings. The normalized spacial score (nSPS) is 12.0. The van der Waals surface area contributed by atoms with Crippen LogP contribution in [0, 0.1) is 13.8 Å². The van der Waals surface area contributed by atoms with Gasteiger partial charge in [-0.2, -0.15) is 0 Å². The molecule has 0 aliphatic rings. The van der Waals surface area contributed by atoms with E-state index in [1.165, 1.54) is 6.26 Å². The van der Waals surface area contributed by atoms with Crippen molar-refractivity contribution in [1.82, 2.24) is 0 Å². The lowest BCUT2D eigenvalue weighted by Gasteiger charge is -2.13. The minimum atomic E-state index is -0.849. The van der Waals surface area contributed by atoms with E-state index in [1.54, 1.807) is 32.2 Å². The summed E-state index contributed by atoms with van der Waals surface area (Å²) in [5.41, 5.74) is 4.03. The Morgan fingerprint density at radius 2 is 1.85 bits per heavy atom. The predicted octanol–water partition coefficient (Wildman–Crippen LogP) is 4.42. The van der Waals surface area contributed by atoms with E-state index in [0.717, 1.165) is 16.5 Å². The van der Waals surface area contributed by atoms with E-state index in [4.69, 9.17) is 13.9 Å². The number of hydrogen-bond acceptors (Lipinski definition) is 5. The van der Waals surface area contributed by atoms with Gasteiger partial charge in [0.15, 0.2) is 6.10 Å². The summed E-state index contributed by atoms with van der Waals surface area (Å²) < 4.78 is 16.0. The zero-order valence-electron chi connectivity index (χ0n) is 15.9. The molecule has 0 aliphatic carbocycles. The van der Waals surface area contributed by atoms with Crippen LogP contribution >= 0.6 is 0 Å². The van der Waals surface area contributed by atoms with Gasteiger partial charge in [0.05, 0.1) is 19.8 Å². The Labute approximate surface area is 157 Å². The molecule has 0 saturated carbocycles. The summed E-state index contributed by atoms with van der Waals surface area (Å²) in [4.78, 5) is 24.8. The van der Waals surface area contributed by atoms with Crippen LogP contribution in [-0.4, -0.2) is 25.0 Å². The topological polar surface area (TPSA) is 65.7 Å². The van der Waals surface area contributed by atoms with Crippen LogP contribution in [0.2, 0.25) is 0 Å². The molecule has 0 N–H and O–H groups in total. The van der Waals surface area contributed by atoms with Crippen molar-refractivity contribution in [3.05, 3.63) is 64.9 Å². The number of benzene rings is 2. The van der Waals surface area contributed by atoms with Gasteiger partial charge in [0, 0.05) is 22.6 Å². The molecule has 0 amide bonds. The number of hydrogen-bond donors (Lipinski definition) is 0. The van der Waals surface area contributed by atoms with E-state index >= 15 is 0 Å². The molecule has 0 radical (unpaired) electrons. The zero-order valence-corrected chi connectivity index (χ0v) is 15.9. The lowest BCUT2D eigenvalue weighted by Crippen LogP contribution is -2.25. The summed E-state index contributed by atoms with van der Waals surface area (Å²) in [5.74, 6) is -0.00923. The molecule has 1 aromatic heterocycles. The molecule has 3 aromatic rings. The summed E-state index contributed by atoms with van der Waals surface area (Å²) in [7, 11) is 1.58. The molecular formula is C22H22O5. The highest BCUT2D eigenvalue weighted by Crippen LogP contribution is 2.26. The van der Waals surface area contributed by atoms with Crippen molar-refractivity contribution < 1.29 is 23.5 Å². The largest absolute Gasteiger partial charge is 0.497 e. The molecule has 5 heteroatoms. The maximum atomic E-state index is 12.5. The maximum absolute atomic E-state index is 12.5. The third kappa shape index (κ3) is 4.03. The number of carbonyl (C=O) groups is 2. The Hall–Kier alpha value is -3.08. The second kappa shape index (κ2) is 7.66. The van der Waals surface area contributed by atoms with Gasteiger partial charge in [-0.05, 0) is 50.1 Å². The van der Waals surface area contributed by atoms with Crippen molar-refractivity contribution >= 4 is 22.7 Å². The summed E-state index contributed by atoms with van der Waals surface area (Å²) in [6, 6.07) is 10.9. The van der Waals surface area contributed by atoms with Crippen LogP contribution in [0.4, 0.5) is 0 Å². The first-order valence-electron chi connectivity index (χ1n) is 8.74. The van der Waals surface area contributed by atoms with Gasteiger partial charge in [-0.3, -0.25) is 9.59 Å². The summed E-state index contributed by atoms with van der Waals surface area (Å²) in [5, 5.41) is 0.820. The first-order valence-corrected chi connectivity index (χ1v) is 8.74. The fourth-order valence-electron chi connectivity index (χ4n) is 2.90. The fraction of sp³-hybridized carbons (Fsp3) is 0.273. The first kappa shape index (κ1) is 18.7. The average Bonchev–Trinajstić information content (AvgIpc) is 3.05. The van der Waals surface area contributed by atoms with E-state index in [1.807, 2.05) is 32.0 Å². The molecule has 3 rings (SSSR count). The average molecular weight is 366 g/mol. The van der Waals surface area contributed by atoms with Crippen molar-refractivity contribution in [2.24, 2.45) is 0 Å². The van der Waals surface area contributed by atoms with Crippen LogP contribution in [0.1, 0.15) is 34.0 Å². The van der Waals surface area contributed by atoms with E-state index in [0.29, 0.717) is 22.5 Å². The highest BCUT2D eigenvalue weighted by molar-refractivity contribution is 6.00. The number of Topliss-reactive ketones (excluding diaryl/α,β-unsaturated/α-hetero) is 1. The van der Waals surface area contributed by atoms with Gasteiger partial charge in [0.25, 0.3) is 0 Å². The standard InChI is InChI=1S/C22H22O5/c1-13-5-6-16(9-14(13)2)22(24)15(3)27-21(23)10-17-12-26-20-11-18(25-4)7-8-19(17)20/h5-9,11-12,15H,10H2,1-4H3/t15-/m1/s1. The second-order valence-electron chi connectivity index (χ2n) is 6.60. The Morgan fingerprint density at radius 1 is 1.07 bits per heavy atom. The smallest absolute Gasteiger partial charge is 0.311 e. The maximum Gasteiger partial charge on any atom is 0.311 e. The van der Waals surface area contributed by atoms with Gasteiger partial charge in [-0.15, -0.1) is 0 Å². The van der Waals surface area contributed by atoms with E-state index in [2.05, 4.69) is 0 Å². The molecule has 5 nitrogen and oxygen atoms in total. The van der Waals surface area contributed by atoms with Gasteiger partial charge in [0.2, 0.25) is 5.78 Å². The number of ether oxygens (including phenoxy) is 2. The van der Waals surface area contributed by atoms with Crippen molar-refractivity contribution in [3.63, 3.8) is 0 Å². The lowest BCUT2D eigenvalue weighted by molar-refractivity contribution is -0.145. The van der Waals surface area contributed by atoms with Crippen molar-refractivity contribution in [2.45, 2.75) is 33.3 Å². The fourth-order valence-corrected chi connectivity index (χ4v) is 2.90. The number of ketones is 1. The first-order chi connectivity index (χ1) is 12.9. The molecule has 1 heterocycles. The van der Waals surface area contributed by atoms with Crippen molar-refractivity contribution in [1.29, 1.82) is 0 Å². The predicted molar refractivity (Wildman–Crippen MR) is 102 cm³/mol. The lowest BCUT2D eigenvalue weighted by atomic mass is 10.0. The molecule has 2 aromatic carbocycles. The highest BCUT2D eigenvalue weighted by atomic mass is 16.5. The highest BCUT2D eigenvalue weighted by Gasteiger charge is 2.21. The van der Waals surface area contributed by atoms with Gasteiger partial charge in [-0.1, -0.05) is 12.1 Å². The quantitative estimate of drug-likeness (QED) is 0.477. The Kier molecular flexibility index (Phi) is 5.31. The van der Waals surface area contributed by atoms with Crippen LogP contribution in [-0.2, 0) is 16.0 Å². The monoisotopic (exact) mass is 366 g/mol. The summed E-state index contributed by atoms with van der Waals surface area (Å²) >= 11 is 0. The minimum Gasteiger partial charge on any atom is -0.497 e. The number of furan rings is 1.